The van der Waals surface area contributed by atoms with E-state index >= 15 is 0 Å². The van der Waals surface area contributed by atoms with Gasteiger partial charge in [-0.05, 0) is 6.92 Å². The quantitative estimate of drug-likeness (QED) is 0.320. The van der Waals surface area contributed by atoms with Crippen molar-refractivity contribution >= 4 is 0 Å². The lowest BCUT2D eigenvalue weighted by Gasteiger charge is -1.52. The second-order valence-electron chi connectivity index (χ2n) is 0.966. The Bertz CT molecular complexity index is 54.9. The van der Waals surface area contributed by atoms with Crippen molar-refractivity contribution in [3.8, 4) is 12.3 Å². The van der Waals surface area contributed by atoms with E-state index in [0.717, 1.165) is 6.42 Å². The zero-order valence-corrected chi connectivity index (χ0v) is 5.07. The lowest BCUT2D eigenvalue weighted by Crippen LogP contribution is -1.38. The third-order valence-corrected chi connectivity index (χ3v) is 0.204. The van der Waals surface area contributed by atoms with E-state index in [1.54, 1.807) is 6.08 Å². The van der Waals surface area contributed by atoms with Crippen LogP contribution in [-0.4, -0.2) is 0 Å². The van der Waals surface area contributed by atoms with E-state index in [9.17, 15) is 0 Å². The van der Waals surface area contributed by atoms with Crippen molar-refractivity contribution in [2.45, 2.75) is 20.3 Å². The minimum absolute atomic E-state index is 0.847. The Hall–Kier alpha value is -0.700. The maximum Gasteiger partial charge on any atom is 0.00576 e. The molecule has 0 amide bonds. The third kappa shape index (κ3) is 641. The largest absolute Gasteiger partial charge is 0.120 e. The maximum absolute atomic E-state index is 4.78. The monoisotopic (exact) mass is 96.1 g/mol. The van der Waals surface area contributed by atoms with Gasteiger partial charge in [0, 0.05) is 6.42 Å². The summed E-state index contributed by atoms with van der Waals surface area (Å²) in [7, 11) is 0. The molecule has 0 heterocycles. The molecule has 0 spiro atoms. The first-order chi connectivity index (χ1) is 3.33. The molecule has 0 N–H and O–H groups in total. The Morgan fingerprint density at radius 2 is 2.00 bits per heavy atom. The predicted octanol–water partition coefficient (Wildman–Crippen LogP) is 2.22. The lowest BCUT2D eigenvalue weighted by atomic mass is 10.5. The molecule has 0 atom stereocenters. The van der Waals surface area contributed by atoms with Gasteiger partial charge in [-0.15, -0.1) is 18.9 Å². The van der Waals surface area contributed by atoms with Crippen molar-refractivity contribution in [1.82, 2.24) is 0 Å². The van der Waals surface area contributed by atoms with Crippen LogP contribution in [0.4, 0.5) is 0 Å². The van der Waals surface area contributed by atoms with Crippen molar-refractivity contribution in [3.05, 3.63) is 12.7 Å². The molecule has 0 radical (unpaired) electrons. The van der Waals surface area contributed by atoms with Gasteiger partial charge in [-0.1, -0.05) is 13.0 Å². The van der Waals surface area contributed by atoms with Gasteiger partial charge in [0.2, 0.25) is 0 Å². The zero-order chi connectivity index (χ0) is 6.12. The summed E-state index contributed by atoms with van der Waals surface area (Å²) in [5.41, 5.74) is 0. The van der Waals surface area contributed by atoms with Crippen LogP contribution in [0.1, 0.15) is 20.3 Å². The molecule has 0 aromatic rings. The highest BCUT2D eigenvalue weighted by atomic mass is 13.5. The number of terminal acetylenes is 1. The molecule has 0 nitrogen and oxygen atoms in total. The minimum atomic E-state index is 0.847. The Morgan fingerprint density at radius 3 is 2.00 bits per heavy atom. The fourth-order valence-corrected chi connectivity index (χ4v) is 0. The van der Waals surface area contributed by atoms with Crippen LogP contribution in [0.5, 0.6) is 0 Å². The zero-order valence-electron chi connectivity index (χ0n) is 5.07. The van der Waals surface area contributed by atoms with E-state index < -0.39 is 0 Å². The molecule has 0 aromatic heterocycles. The molecule has 0 heteroatoms. The summed E-state index contributed by atoms with van der Waals surface area (Å²) in [5.74, 6) is 2.43. The molecule has 0 aromatic carbocycles. The van der Waals surface area contributed by atoms with E-state index in [0.29, 0.717) is 0 Å². The molecule has 40 valence electrons. The average Bonchev–Trinajstić information content (AvgIpc) is 1.69. The molecule has 0 aliphatic carbocycles. The molecule has 7 heavy (non-hydrogen) atoms. The Balaban J connectivity index is 0. The van der Waals surface area contributed by atoms with Gasteiger partial charge in [-0.3, -0.25) is 0 Å². The summed E-state index contributed by atoms with van der Waals surface area (Å²) in [6, 6.07) is 0. The second kappa shape index (κ2) is 18.5. The molecular formula is C7H12. The van der Waals surface area contributed by atoms with Gasteiger partial charge in [0.05, 0.1) is 0 Å². The molecule has 0 rings (SSSR count). The smallest absolute Gasteiger partial charge is 0.00576 e. The minimum Gasteiger partial charge on any atom is -0.120 e. The Morgan fingerprint density at radius 1 is 1.86 bits per heavy atom. The molecule has 0 saturated carbocycles. The van der Waals surface area contributed by atoms with Gasteiger partial charge in [-0.25, -0.2) is 0 Å². The van der Waals surface area contributed by atoms with Crippen LogP contribution in [0.25, 0.3) is 0 Å². The number of rotatable bonds is 0. The van der Waals surface area contributed by atoms with E-state index in [1.807, 2.05) is 13.8 Å². The number of hydrogen-bond acceptors (Lipinski definition) is 0. The van der Waals surface area contributed by atoms with Gasteiger partial charge in [0.15, 0.2) is 0 Å². The van der Waals surface area contributed by atoms with Crippen LogP contribution in [-0.2, 0) is 0 Å². The van der Waals surface area contributed by atoms with Crippen molar-refractivity contribution in [2.75, 3.05) is 0 Å². The van der Waals surface area contributed by atoms with Crippen LogP contribution >= 0.6 is 0 Å². The molecule has 0 saturated heterocycles. The highest BCUT2D eigenvalue weighted by molar-refractivity contribution is 4.80. The predicted molar refractivity (Wildman–Crippen MR) is 35.0 cm³/mol. The van der Waals surface area contributed by atoms with Crippen LogP contribution < -0.4 is 0 Å². The summed E-state index contributed by atoms with van der Waals surface area (Å²) >= 11 is 0. The molecule has 0 fully saturated rings. The van der Waals surface area contributed by atoms with Gasteiger partial charge < -0.3 is 0 Å². The Kier molecular flexibility index (Phi) is 25.3. The van der Waals surface area contributed by atoms with Gasteiger partial charge in [0.25, 0.3) is 0 Å². The molecular weight excluding hydrogens is 84.1 g/mol. The highest BCUT2D eigenvalue weighted by Gasteiger charge is 1.43. The Labute approximate surface area is 46.2 Å². The van der Waals surface area contributed by atoms with Crippen molar-refractivity contribution < 1.29 is 0 Å². The fourth-order valence-electron chi connectivity index (χ4n) is 0. The summed E-state index contributed by atoms with van der Waals surface area (Å²) in [5, 5.41) is 0. The van der Waals surface area contributed by atoms with Crippen LogP contribution in [0, 0.1) is 12.3 Å². The number of allylic oxidation sites excluding steroid dienone is 1. The summed E-state index contributed by atoms with van der Waals surface area (Å²) in [4.78, 5) is 0. The summed E-state index contributed by atoms with van der Waals surface area (Å²) in [6.45, 7) is 7.19. The number of hydrogen-bond donors (Lipinski definition) is 0. The van der Waals surface area contributed by atoms with Gasteiger partial charge in [0.1, 0.15) is 0 Å². The second-order valence-corrected chi connectivity index (χ2v) is 0.966. The van der Waals surface area contributed by atoms with Gasteiger partial charge >= 0.3 is 0 Å². The maximum atomic E-state index is 4.78. The molecule has 0 bridgehead atoms. The van der Waals surface area contributed by atoms with E-state index in [1.165, 1.54) is 0 Å². The summed E-state index contributed by atoms with van der Waals surface area (Å²) in [6.07, 6.45) is 7.38. The molecule has 0 aliphatic heterocycles. The van der Waals surface area contributed by atoms with Gasteiger partial charge in [-0.2, -0.15) is 0 Å². The van der Waals surface area contributed by atoms with Crippen LogP contribution in [0.2, 0.25) is 0 Å². The lowest BCUT2D eigenvalue weighted by molar-refractivity contribution is 1.28. The standard InChI is InChI=1S/C4H6.C3H6/c1-3-4-2;1-3-2/h1H,4H2,2H3;3H,1H2,2H3. The topological polar surface area (TPSA) is 0 Å². The van der Waals surface area contributed by atoms with Crippen molar-refractivity contribution in [2.24, 2.45) is 0 Å². The average molecular weight is 96.2 g/mol. The first-order valence-corrected chi connectivity index (χ1v) is 2.33. The molecule has 0 aliphatic rings. The summed E-state index contributed by atoms with van der Waals surface area (Å²) < 4.78 is 0. The van der Waals surface area contributed by atoms with Crippen LogP contribution in [0.3, 0.4) is 0 Å². The highest BCUT2D eigenvalue weighted by Crippen LogP contribution is 1.58. The molecule has 0 unspecified atom stereocenters. The first kappa shape index (κ1) is 9.57. The first-order valence-electron chi connectivity index (χ1n) is 2.33. The van der Waals surface area contributed by atoms with E-state index in [-0.39, 0.29) is 0 Å². The fraction of sp³-hybridized carbons (Fsp3) is 0.429. The van der Waals surface area contributed by atoms with Crippen molar-refractivity contribution in [1.29, 1.82) is 0 Å². The van der Waals surface area contributed by atoms with E-state index in [2.05, 4.69) is 12.5 Å². The normalized spacial score (nSPS) is 4.71. The SMILES string of the molecule is C#CCC.C=CC. The van der Waals surface area contributed by atoms with E-state index in [4.69, 9.17) is 6.42 Å². The van der Waals surface area contributed by atoms with Crippen LogP contribution in [0.15, 0.2) is 12.7 Å². The van der Waals surface area contributed by atoms with Crippen molar-refractivity contribution in [3.63, 3.8) is 0 Å². The third-order valence-electron chi connectivity index (χ3n) is 0.204.